The summed E-state index contributed by atoms with van der Waals surface area (Å²) >= 11 is 0. The normalized spacial score (nSPS) is 10.2. The highest BCUT2D eigenvalue weighted by atomic mass is 14.9. The molecule has 65 valence electrons. The molecule has 1 aromatic heterocycles. The Morgan fingerprint density at radius 2 is 2.00 bits per heavy atom. The van der Waals surface area contributed by atoms with Crippen molar-refractivity contribution in [3.63, 3.8) is 0 Å². The lowest BCUT2D eigenvalue weighted by Gasteiger charge is -2.02. The van der Waals surface area contributed by atoms with E-state index < -0.39 is 0 Å². The van der Waals surface area contributed by atoms with Gasteiger partial charge >= 0.3 is 0 Å². The van der Waals surface area contributed by atoms with Gasteiger partial charge in [-0.05, 0) is 18.1 Å². The van der Waals surface area contributed by atoms with Gasteiger partial charge in [0.2, 0.25) is 0 Å². The first-order chi connectivity index (χ1) is 6.45. The largest absolute Gasteiger partial charge is 0.353 e. The number of benzene rings is 1. The second-order valence-electron chi connectivity index (χ2n) is 3.08. The molecule has 2 aromatic rings. The first-order valence-corrected chi connectivity index (χ1v) is 4.51. The van der Waals surface area contributed by atoms with Gasteiger partial charge < -0.3 is 4.57 Å². The molecule has 0 atom stereocenters. The third-order valence-electron chi connectivity index (χ3n) is 2.10. The van der Waals surface area contributed by atoms with Crippen LogP contribution in [0.5, 0.6) is 0 Å². The summed E-state index contributed by atoms with van der Waals surface area (Å²) in [6, 6.07) is 15.5. The van der Waals surface area contributed by atoms with Gasteiger partial charge in [0.05, 0.1) is 0 Å². The maximum atomic E-state index is 3.03. The molecule has 0 aliphatic heterocycles. The summed E-state index contributed by atoms with van der Waals surface area (Å²) in [6.07, 6.45) is 5.11. The van der Waals surface area contributed by atoms with Crippen LogP contribution in [0.15, 0.2) is 48.8 Å². The fraction of sp³-hybridized carbons (Fsp3) is 0.167. The third-order valence-corrected chi connectivity index (χ3v) is 2.10. The van der Waals surface area contributed by atoms with Crippen LogP contribution in [0, 0.1) is 6.07 Å². The quantitative estimate of drug-likeness (QED) is 0.667. The summed E-state index contributed by atoms with van der Waals surface area (Å²) < 4.78 is 2.15. The van der Waals surface area contributed by atoms with Crippen molar-refractivity contribution >= 4 is 0 Å². The summed E-state index contributed by atoms with van der Waals surface area (Å²) in [5, 5.41) is 0. The van der Waals surface area contributed by atoms with Crippen molar-refractivity contribution < 1.29 is 0 Å². The molecule has 0 aliphatic carbocycles. The van der Waals surface area contributed by atoms with Gasteiger partial charge in [-0.1, -0.05) is 30.3 Å². The van der Waals surface area contributed by atoms with Gasteiger partial charge in [0.25, 0.3) is 0 Å². The highest BCUT2D eigenvalue weighted by molar-refractivity contribution is 5.14. The molecule has 0 saturated carbocycles. The Bertz CT molecular complexity index is 335. The number of aryl methyl sites for hydroxylation is 2. The summed E-state index contributed by atoms with van der Waals surface area (Å²) in [6.45, 7) is 1.04. The van der Waals surface area contributed by atoms with Gasteiger partial charge in [0.15, 0.2) is 0 Å². The predicted octanol–water partition coefficient (Wildman–Crippen LogP) is 2.53. The van der Waals surface area contributed by atoms with Crippen LogP contribution in [0.4, 0.5) is 0 Å². The Morgan fingerprint density at radius 1 is 1.15 bits per heavy atom. The van der Waals surface area contributed by atoms with Gasteiger partial charge in [-0.25, -0.2) is 0 Å². The van der Waals surface area contributed by atoms with E-state index in [4.69, 9.17) is 0 Å². The monoisotopic (exact) mass is 170 g/mol. The fourth-order valence-corrected chi connectivity index (χ4v) is 1.36. The molecule has 2 rings (SSSR count). The molecule has 1 heteroatoms. The van der Waals surface area contributed by atoms with E-state index in [0.717, 1.165) is 13.0 Å². The molecule has 0 unspecified atom stereocenters. The minimum Gasteiger partial charge on any atom is -0.353 e. The Hall–Kier alpha value is -1.50. The van der Waals surface area contributed by atoms with Crippen LogP contribution >= 0.6 is 0 Å². The zero-order valence-electron chi connectivity index (χ0n) is 7.48. The summed E-state index contributed by atoms with van der Waals surface area (Å²) in [4.78, 5) is 0. The van der Waals surface area contributed by atoms with Crippen molar-refractivity contribution in [1.82, 2.24) is 4.57 Å². The standard InChI is InChI=1S/C12H12N/c1-2-6-12(7-3-1)8-11-13-9-4-5-10-13/h1-4,6-7,9-10H,8,11H2. The minimum atomic E-state index is 1.04. The first kappa shape index (κ1) is 8.11. The van der Waals surface area contributed by atoms with Crippen LogP contribution in [-0.2, 0) is 13.0 Å². The van der Waals surface area contributed by atoms with Gasteiger partial charge in [0, 0.05) is 25.0 Å². The Kier molecular flexibility index (Phi) is 2.46. The van der Waals surface area contributed by atoms with Gasteiger partial charge in [-0.3, -0.25) is 0 Å². The lowest BCUT2D eigenvalue weighted by Crippen LogP contribution is -1.97. The van der Waals surface area contributed by atoms with Crippen LogP contribution < -0.4 is 0 Å². The second-order valence-corrected chi connectivity index (χ2v) is 3.08. The van der Waals surface area contributed by atoms with E-state index in [9.17, 15) is 0 Å². The van der Waals surface area contributed by atoms with E-state index in [0.29, 0.717) is 0 Å². The molecule has 0 fully saturated rings. The van der Waals surface area contributed by atoms with Gasteiger partial charge in [-0.15, -0.1) is 0 Å². The summed E-state index contributed by atoms with van der Waals surface area (Å²) in [5.41, 5.74) is 1.39. The summed E-state index contributed by atoms with van der Waals surface area (Å²) in [7, 11) is 0. The van der Waals surface area contributed by atoms with E-state index in [2.05, 4.69) is 34.9 Å². The topological polar surface area (TPSA) is 4.93 Å². The van der Waals surface area contributed by atoms with Crippen molar-refractivity contribution in [2.45, 2.75) is 13.0 Å². The van der Waals surface area contributed by atoms with E-state index in [1.807, 2.05) is 24.5 Å². The van der Waals surface area contributed by atoms with E-state index in [-0.39, 0.29) is 0 Å². The molecule has 0 aliphatic rings. The molecule has 1 heterocycles. The molecule has 1 aromatic carbocycles. The van der Waals surface area contributed by atoms with E-state index in [1.165, 1.54) is 5.56 Å². The molecule has 1 nitrogen and oxygen atoms in total. The van der Waals surface area contributed by atoms with E-state index >= 15 is 0 Å². The minimum absolute atomic E-state index is 1.04. The highest BCUT2D eigenvalue weighted by Gasteiger charge is 1.91. The first-order valence-electron chi connectivity index (χ1n) is 4.51. The van der Waals surface area contributed by atoms with E-state index in [1.54, 1.807) is 0 Å². The van der Waals surface area contributed by atoms with Crippen molar-refractivity contribution in [3.8, 4) is 0 Å². The van der Waals surface area contributed by atoms with Crippen molar-refractivity contribution in [3.05, 3.63) is 60.4 Å². The van der Waals surface area contributed by atoms with Crippen molar-refractivity contribution in [2.24, 2.45) is 0 Å². The molecule has 0 amide bonds. The SMILES string of the molecule is [c]1ccn(CCc2ccccc2)c1. The number of rotatable bonds is 3. The Labute approximate surface area is 78.6 Å². The van der Waals surface area contributed by atoms with Crippen molar-refractivity contribution in [1.29, 1.82) is 0 Å². The Morgan fingerprint density at radius 3 is 2.69 bits per heavy atom. The molecule has 1 radical (unpaired) electrons. The smallest absolute Gasteiger partial charge is 0.0260 e. The zero-order valence-corrected chi connectivity index (χ0v) is 7.48. The highest BCUT2D eigenvalue weighted by Crippen LogP contribution is 2.01. The lowest BCUT2D eigenvalue weighted by molar-refractivity contribution is 0.701. The average molecular weight is 170 g/mol. The molecule has 13 heavy (non-hydrogen) atoms. The predicted molar refractivity (Wildman–Crippen MR) is 53.4 cm³/mol. The van der Waals surface area contributed by atoms with Crippen LogP contribution in [0.3, 0.4) is 0 Å². The summed E-state index contributed by atoms with van der Waals surface area (Å²) in [5.74, 6) is 0. The maximum Gasteiger partial charge on any atom is 0.0260 e. The number of hydrogen-bond acceptors (Lipinski definition) is 0. The second kappa shape index (κ2) is 3.94. The number of hydrogen-bond donors (Lipinski definition) is 0. The Balaban J connectivity index is 1.94. The molecular weight excluding hydrogens is 158 g/mol. The third kappa shape index (κ3) is 2.22. The fourth-order valence-electron chi connectivity index (χ4n) is 1.36. The zero-order chi connectivity index (χ0) is 8.93. The number of aromatic nitrogens is 1. The molecule has 0 saturated heterocycles. The van der Waals surface area contributed by atoms with Crippen LogP contribution in [0.1, 0.15) is 5.56 Å². The molecule has 0 N–H and O–H groups in total. The van der Waals surface area contributed by atoms with Crippen LogP contribution in [0.2, 0.25) is 0 Å². The molecule has 0 bridgehead atoms. The maximum absolute atomic E-state index is 3.03. The van der Waals surface area contributed by atoms with Gasteiger partial charge in [-0.2, -0.15) is 0 Å². The average Bonchev–Trinajstić information content (AvgIpc) is 2.69. The molecule has 0 spiro atoms. The molecular formula is C12H12N. The van der Waals surface area contributed by atoms with Crippen LogP contribution in [-0.4, -0.2) is 4.57 Å². The van der Waals surface area contributed by atoms with Crippen LogP contribution in [0.25, 0.3) is 0 Å². The lowest BCUT2D eigenvalue weighted by atomic mass is 10.1. The number of nitrogens with zero attached hydrogens (tertiary/aromatic N) is 1. The van der Waals surface area contributed by atoms with Crippen molar-refractivity contribution in [2.75, 3.05) is 0 Å². The van der Waals surface area contributed by atoms with Gasteiger partial charge in [0.1, 0.15) is 0 Å².